The molecule has 0 amide bonds. The van der Waals surface area contributed by atoms with Crippen LogP contribution in [0.25, 0.3) is 0 Å². The second-order valence-electron chi connectivity index (χ2n) is 7.47. The van der Waals surface area contributed by atoms with Gasteiger partial charge in [0.2, 0.25) is 11.8 Å². The Morgan fingerprint density at radius 2 is 0.935 bits per heavy atom. The Morgan fingerprint density at radius 1 is 0.548 bits per heavy atom. The summed E-state index contributed by atoms with van der Waals surface area (Å²) in [6, 6.07) is 0. The van der Waals surface area contributed by atoms with Crippen LogP contribution in [0.3, 0.4) is 0 Å². The van der Waals surface area contributed by atoms with Crippen molar-refractivity contribution in [3.8, 4) is 0 Å². The van der Waals surface area contributed by atoms with Crippen LogP contribution in [0.15, 0.2) is 72.8 Å². The van der Waals surface area contributed by atoms with Crippen LogP contribution >= 0.6 is 0 Å². The van der Waals surface area contributed by atoms with Gasteiger partial charge in [-0.05, 0) is 37.1 Å². The molecule has 0 aromatic carbocycles. The molecule has 0 spiro atoms. The van der Waals surface area contributed by atoms with Gasteiger partial charge in [-0.2, -0.15) is 0 Å². The summed E-state index contributed by atoms with van der Waals surface area (Å²) in [4.78, 5) is 23.7. The van der Waals surface area contributed by atoms with Crippen molar-refractivity contribution in [1.82, 2.24) is 10.6 Å². The number of nitrogens with one attached hydrogen (secondary N) is 2. The number of carbonyl (C=O) groups is 2. The van der Waals surface area contributed by atoms with Crippen LogP contribution in [0.4, 0.5) is 0 Å². The second kappa shape index (κ2) is 15.8. The lowest BCUT2D eigenvalue weighted by molar-refractivity contribution is -0.141. The Labute approximate surface area is 185 Å². The van der Waals surface area contributed by atoms with E-state index in [1.165, 1.54) is 19.3 Å². The van der Waals surface area contributed by atoms with Gasteiger partial charge in [0.05, 0.1) is 0 Å². The largest absolute Gasteiger partial charge is 0.410 e. The summed E-state index contributed by atoms with van der Waals surface area (Å²) in [6.07, 6.45) is 28.5. The van der Waals surface area contributed by atoms with Gasteiger partial charge in [-0.15, -0.1) is 0 Å². The van der Waals surface area contributed by atoms with Crippen LogP contribution in [0, 0.1) is 0 Å². The third-order valence-electron chi connectivity index (χ3n) is 4.79. The van der Waals surface area contributed by atoms with E-state index in [0.717, 1.165) is 38.5 Å². The molecule has 0 fully saturated rings. The molecular formula is C25H34N2O4. The maximum absolute atomic E-state index is 11.8. The average Bonchev–Trinajstić information content (AvgIpc) is 3.17. The van der Waals surface area contributed by atoms with Gasteiger partial charge < -0.3 is 20.1 Å². The van der Waals surface area contributed by atoms with E-state index in [2.05, 4.69) is 10.6 Å². The predicted octanol–water partition coefficient (Wildman–Crippen LogP) is 5.39. The van der Waals surface area contributed by atoms with E-state index >= 15 is 0 Å². The fourth-order valence-corrected chi connectivity index (χ4v) is 3.13. The first kappa shape index (κ1) is 24.3. The highest BCUT2D eigenvalue weighted by Gasteiger charge is 2.07. The minimum Gasteiger partial charge on any atom is -0.410 e. The molecule has 31 heavy (non-hydrogen) atoms. The molecule has 2 rings (SSSR count). The first-order valence-electron chi connectivity index (χ1n) is 11.3. The van der Waals surface area contributed by atoms with Gasteiger partial charge in [-0.25, -0.2) is 0 Å². The zero-order chi connectivity index (χ0) is 22.0. The lowest BCUT2D eigenvalue weighted by Gasteiger charge is -2.07. The highest BCUT2D eigenvalue weighted by Crippen LogP contribution is 2.13. The Kier molecular flexibility index (Phi) is 12.3. The van der Waals surface area contributed by atoms with Crippen LogP contribution < -0.4 is 10.6 Å². The van der Waals surface area contributed by atoms with Crippen molar-refractivity contribution in [3.63, 3.8) is 0 Å². The lowest BCUT2D eigenvalue weighted by atomic mass is 10.1. The third kappa shape index (κ3) is 12.3. The molecule has 6 heteroatoms. The summed E-state index contributed by atoms with van der Waals surface area (Å²) in [5, 5.41) is 5.84. The van der Waals surface area contributed by atoms with E-state index in [1.807, 2.05) is 36.5 Å². The number of rotatable bonds is 14. The van der Waals surface area contributed by atoms with Gasteiger partial charge in [0.25, 0.3) is 0 Å². The summed E-state index contributed by atoms with van der Waals surface area (Å²) in [5.41, 5.74) is 0. The van der Waals surface area contributed by atoms with Gasteiger partial charge in [-0.3, -0.25) is 9.59 Å². The highest BCUT2D eigenvalue weighted by atomic mass is 16.6. The normalized spacial score (nSPS) is 14.6. The van der Waals surface area contributed by atoms with E-state index in [4.69, 9.17) is 9.47 Å². The van der Waals surface area contributed by atoms with E-state index in [0.29, 0.717) is 24.6 Å². The standard InChI is InChI=1S/C25H34N2O4/c28-24(30-22-16-10-8-14-20-26-22)18-12-6-4-2-1-3-5-7-13-19-25(29)31-23-17-11-9-15-21-27-23/h8-11,14-17,20-21,26-27H,1-7,12-13,18-19H2. The van der Waals surface area contributed by atoms with Crippen molar-refractivity contribution in [2.45, 2.75) is 70.6 Å². The number of unbranched alkanes of at least 4 members (excludes halogenated alkanes) is 8. The monoisotopic (exact) mass is 426 g/mol. The zero-order valence-corrected chi connectivity index (χ0v) is 18.2. The summed E-state index contributed by atoms with van der Waals surface area (Å²) in [5.74, 6) is 0.548. The van der Waals surface area contributed by atoms with Crippen molar-refractivity contribution in [3.05, 3.63) is 72.8 Å². The number of carbonyl (C=O) groups excluding carboxylic acids is 2. The van der Waals surface area contributed by atoms with Crippen LogP contribution in [-0.4, -0.2) is 11.9 Å². The molecule has 0 bridgehead atoms. The van der Waals surface area contributed by atoms with Crippen molar-refractivity contribution in [1.29, 1.82) is 0 Å². The van der Waals surface area contributed by atoms with E-state index in [-0.39, 0.29) is 11.9 Å². The van der Waals surface area contributed by atoms with E-state index in [9.17, 15) is 9.59 Å². The SMILES string of the molecule is O=C(CCCCCCCCCCCC(=O)OC1=CC=CC=CN1)OC1=CC=CC=CN1. The number of hydrogen-bond acceptors (Lipinski definition) is 6. The van der Waals surface area contributed by atoms with Gasteiger partial charge >= 0.3 is 11.9 Å². The highest BCUT2D eigenvalue weighted by molar-refractivity contribution is 5.71. The Balaban J connectivity index is 1.36. The van der Waals surface area contributed by atoms with Crippen molar-refractivity contribution in [2.24, 2.45) is 0 Å². The Morgan fingerprint density at radius 3 is 1.35 bits per heavy atom. The smallest absolute Gasteiger partial charge is 0.312 e. The third-order valence-corrected chi connectivity index (χ3v) is 4.79. The van der Waals surface area contributed by atoms with Crippen molar-refractivity contribution < 1.29 is 19.1 Å². The van der Waals surface area contributed by atoms with Gasteiger partial charge in [0.1, 0.15) is 0 Å². The maximum Gasteiger partial charge on any atom is 0.312 e. The molecule has 2 aliphatic rings. The topological polar surface area (TPSA) is 76.7 Å². The quantitative estimate of drug-likeness (QED) is 0.286. The van der Waals surface area contributed by atoms with Crippen LogP contribution in [0.2, 0.25) is 0 Å². The van der Waals surface area contributed by atoms with Crippen molar-refractivity contribution >= 4 is 11.9 Å². The Hall–Kier alpha value is -3.02. The number of allylic oxidation sites excluding steroid dienone is 8. The van der Waals surface area contributed by atoms with E-state index in [1.54, 1.807) is 24.6 Å². The van der Waals surface area contributed by atoms with Gasteiger partial charge in [0, 0.05) is 25.2 Å². The Bertz CT molecular complexity index is 683. The molecule has 2 N–H and O–H groups in total. The average molecular weight is 427 g/mol. The molecule has 0 aromatic rings. The zero-order valence-electron chi connectivity index (χ0n) is 18.2. The molecule has 6 nitrogen and oxygen atoms in total. The molecular weight excluding hydrogens is 392 g/mol. The second-order valence-corrected chi connectivity index (χ2v) is 7.47. The van der Waals surface area contributed by atoms with Crippen LogP contribution in [0.5, 0.6) is 0 Å². The molecule has 0 atom stereocenters. The first-order chi connectivity index (χ1) is 15.2. The molecule has 2 aliphatic heterocycles. The fourth-order valence-electron chi connectivity index (χ4n) is 3.13. The minimum absolute atomic E-state index is 0.194. The van der Waals surface area contributed by atoms with Gasteiger partial charge in [0.15, 0.2) is 0 Å². The predicted molar refractivity (Wildman–Crippen MR) is 122 cm³/mol. The lowest BCUT2D eigenvalue weighted by Crippen LogP contribution is -2.13. The first-order valence-corrected chi connectivity index (χ1v) is 11.3. The van der Waals surface area contributed by atoms with E-state index < -0.39 is 0 Å². The maximum atomic E-state index is 11.8. The summed E-state index contributed by atoms with van der Waals surface area (Å²) >= 11 is 0. The molecule has 0 unspecified atom stereocenters. The molecule has 0 radical (unpaired) electrons. The number of hydrogen-bond donors (Lipinski definition) is 2. The van der Waals surface area contributed by atoms with Crippen LogP contribution in [-0.2, 0) is 19.1 Å². The molecule has 0 aliphatic carbocycles. The number of ether oxygens (including phenoxy) is 2. The van der Waals surface area contributed by atoms with Crippen molar-refractivity contribution in [2.75, 3.05) is 0 Å². The van der Waals surface area contributed by atoms with Crippen LogP contribution in [0.1, 0.15) is 70.6 Å². The molecule has 0 saturated carbocycles. The van der Waals surface area contributed by atoms with Gasteiger partial charge in [-0.1, -0.05) is 69.2 Å². The molecule has 168 valence electrons. The fraction of sp³-hybridized carbons (Fsp3) is 0.440. The molecule has 0 aromatic heterocycles. The molecule has 2 heterocycles. The number of esters is 2. The summed E-state index contributed by atoms with van der Waals surface area (Å²) in [6.45, 7) is 0. The minimum atomic E-state index is -0.194. The summed E-state index contributed by atoms with van der Waals surface area (Å²) in [7, 11) is 0. The molecule has 0 saturated heterocycles. The summed E-state index contributed by atoms with van der Waals surface area (Å²) < 4.78 is 10.6.